The standard InChI is InChI=1S/C23H36O4/c1-14(2)21(19-12-10-11-15(3)17(19)5)18(6)26-22(25)16(4)13-20(24)27-23(7,8)9/h10-12,14,16,18,21H,13H2,1-9H3/t16-,18+,21-/m1/s1. The minimum Gasteiger partial charge on any atom is -0.462 e. The van der Waals surface area contributed by atoms with Crippen molar-refractivity contribution in [1.29, 1.82) is 0 Å². The zero-order valence-electron chi connectivity index (χ0n) is 18.4. The van der Waals surface area contributed by atoms with Crippen molar-refractivity contribution in [3.63, 3.8) is 0 Å². The van der Waals surface area contributed by atoms with E-state index in [1.54, 1.807) is 6.92 Å². The van der Waals surface area contributed by atoms with Gasteiger partial charge in [-0.2, -0.15) is 0 Å². The van der Waals surface area contributed by atoms with Crippen LogP contribution in [0.4, 0.5) is 0 Å². The Labute approximate surface area is 164 Å². The van der Waals surface area contributed by atoms with E-state index < -0.39 is 11.5 Å². The number of hydrogen-bond acceptors (Lipinski definition) is 4. The molecule has 4 heteroatoms. The van der Waals surface area contributed by atoms with Crippen molar-refractivity contribution in [2.75, 3.05) is 0 Å². The fourth-order valence-corrected chi connectivity index (χ4v) is 3.38. The van der Waals surface area contributed by atoms with E-state index in [0.29, 0.717) is 5.92 Å². The van der Waals surface area contributed by atoms with Gasteiger partial charge in [-0.15, -0.1) is 0 Å². The second-order valence-corrected chi connectivity index (χ2v) is 8.89. The maximum absolute atomic E-state index is 12.5. The van der Waals surface area contributed by atoms with Gasteiger partial charge in [0.25, 0.3) is 0 Å². The van der Waals surface area contributed by atoms with Gasteiger partial charge >= 0.3 is 11.9 Å². The minimum absolute atomic E-state index is 0.0264. The van der Waals surface area contributed by atoms with Crippen molar-refractivity contribution >= 4 is 11.9 Å². The van der Waals surface area contributed by atoms with Crippen LogP contribution >= 0.6 is 0 Å². The maximum atomic E-state index is 12.5. The van der Waals surface area contributed by atoms with E-state index in [1.165, 1.54) is 16.7 Å². The van der Waals surface area contributed by atoms with Gasteiger partial charge in [0.2, 0.25) is 0 Å². The molecule has 0 unspecified atom stereocenters. The van der Waals surface area contributed by atoms with Crippen molar-refractivity contribution in [3.05, 3.63) is 34.9 Å². The molecule has 0 aromatic heterocycles. The first-order valence-electron chi connectivity index (χ1n) is 9.82. The summed E-state index contributed by atoms with van der Waals surface area (Å²) in [5, 5.41) is 0. The Bertz CT molecular complexity index is 655. The second kappa shape index (κ2) is 9.38. The number of esters is 2. The third-order valence-corrected chi connectivity index (χ3v) is 4.83. The molecule has 152 valence electrons. The van der Waals surface area contributed by atoms with Gasteiger partial charge in [0.1, 0.15) is 11.7 Å². The number of rotatable bonds is 7. The Morgan fingerprint density at radius 1 is 1.04 bits per heavy atom. The molecule has 0 bridgehead atoms. The van der Waals surface area contributed by atoms with Crippen LogP contribution in [0.2, 0.25) is 0 Å². The number of carbonyl (C=O) groups is 2. The number of hydrogen-bond donors (Lipinski definition) is 0. The van der Waals surface area contributed by atoms with Crippen LogP contribution < -0.4 is 0 Å². The zero-order chi connectivity index (χ0) is 20.9. The van der Waals surface area contributed by atoms with Gasteiger partial charge in [0.15, 0.2) is 0 Å². The average molecular weight is 377 g/mol. The molecule has 0 radical (unpaired) electrons. The van der Waals surface area contributed by atoms with E-state index in [1.807, 2.05) is 33.8 Å². The van der Waals surface area contributed by atoms with E-state index in [9.17, 15) is 9.59 Å². The first-order valence-corrected chi connectivity index (χ1v) is 9.82. The summed E-state index contributed by atoms with van der Waals surface area (Å²) < 4.78 is 11.1. The molecule has 0 spiro atoms. The predicted molar refractivity (Wildman–Crippen MR) is 109 cm³/mol. The summed E-state index contributed by atoms with van der Waals surface area (Å²) in [4.78, 5) is 24.5. The van der Waals surface area contributed by atoms with Gasteiger partial charge in [0.05, 0.1) is 12.3 Å². The molecule has 0 heterocycles. The third-order valence-electron chi connectivity index (χ3n) is 4.83. The molecule has 0 fully saturated rings. The summed E-state index contributed by atoms with van der Waals surface area (Å²) in [6.45, 7) is 17.6. The third kappa shape index (κ3) is 7.00. The molecule has 0 saturated heterocycles. The smallest absolute Gasteiger partial charge is 0.309 e. The van der Waals surface area contributed by atoms with E-state index in [-0.39, 0.29) is 30.4 Å². The quantitative estimate of drug-likeness (QED) is 0.603. The molecular formula is C23H36O4. The maximum Gasteiger partial charge on any atom is 0.309 e. The molecule has 0 saturated carbocycles. The Morgan fingerprint density at radius 2 is 1.63 bits per heavy atom. The van der Waals surface area contributed by atoms with Crippen LogP contribution in [0.5, 0.6) is 0 Å². The van der Waals surface area contributed by atoms with Crippen LogP contribution in [-0.4, -0.2) is 23.6 Å². The highest BCUT2D eigenvalue weighted by atomic mass is 16.6. The molecular weight excluding hydrogens is 340 g/mol. The van der Waals surface area contributed by atoms with Crippen molar-refractivity contribution in [2.24, 2.45) is 11.8 Å². The molecule has 0 aliphatic rings. The number of carbonyl (C=O) groups excluding carboxylic acids is 2. The van der Waals surface area contributed by atoms with Crippen LogP contribution in [0.25, 0.3) is 0 Å². The molecule has 0 aliphatic heterocycles. The Kier molecular flexibility index (Phi) is 8.06. The van der Waals surface area contributed by atoms with Crippen LogP contribution in [0.3, 0.4) is 0 Å². The highest BCUT2D eigenvalue weighted by molar-refractivity contribution is 5.80. The SMILES string of the molecule is Cc1cccc([C@H](C(C)C)[C@H](C)OC(=O)[C@H](C)CC(=O)OC(C)(C)C)c1C. The van der Waals surface area contributed by atoms with E-state index in [4.69, 9.17) is 9.47 Å². The molecule has 0 amide bonds. The lowest BCUT2D eigenvalue weighted by molar-refractivity contribution is -0.163. The molecule has 3 atom stereocenters. The van der Waals surface area contributed by atoms with Crippen molar-refractivity contribution in [2.45, 2.75) is 86.4 Å². The summed E-state index contributed by atoms with van der Waals surface area (Å²) in [6, 6.07) is 6.25. The fourth-order valence-electron chi connectivity index (χ4n) is 3.38. The largest absolute Gasteiger partial charge is 0.462 e. The lowest BCUT2D eigenvalue weighted by Gasteiger charge is -2.30. The Balaban J connectivity index is 2.84. The van der Waals surface area contributed by atoms with E-state index >= 15 is 0 Å². The van der Waals surface area contributed by atoms with Crippen LogP contribution in [0.15, 0.2) is 18.2 Å². The average Bonchev–Trinajstić information content (AvgIpc) is 2.49. The summed E-state index contributed by atoms with van der Waals surface area (Å²) in [5.41, 5.74) is 3.13. The Morgan fingerprint density at radius 3 is 2.15 bits per heavy atom. The van der Waals surface area contributed by atoms with Gasteiger partial charge in [-0.05, 0) is 64.2 Å². The van der Waals surface area contributed by atoms with Crippen LogP contribution in [0.1, 0.15) is 77.5 Å². The summed E-state index contributed by atoms with van der Waals surface area (Å²) in [6.07, 6.45) is -0.252. The van der Waals surface area contributed by atoms with E-state index in [0.717, 1.165) is 0 Å². The molecule has 4 nitrogen and oxygen atoms in total. The van der Waals surface area contributed by atoms with Gasteiger partial charge < -0.3 is 9.47 Å². The number of aryl methyl sites for hydroxylation is 1. The van der Waals surface area contributed by atoms with Gasteiger partial charge in [-0.3, -0.25) is 9.59 Å². The predicted octanol–water partition coefficient (Wildman–Crippen LogP) is 5.34. The lowest BCUT2D eigenvalue weighted by atomic mass is 9.81. The first kappa shape index (κ1) is 23.2. The fraction of sp³-hybridized carbons (Fsp3) is 0.652. The molecule has 0 aliphatic carbocycles. The van der Waals surface area contributed by atoms with Gasteiger partial charge in [-0.25, -0.2) is 0 Å². The van der Waals surface area contributed by atoms with Crippen LogP contribution in [-0.2, 0) is 19.1 Å². The molecule has 27 heavy (non-hydrogen) atoms. The lowest BCUT2D eigenvalue weighted by Crippen LogP contribution is -2.31. The molecule has 1 aromatic carbocycles. The Hall–Kier alpha value is -1.84. The minimum atomic E-state index is -0.556. The normalized spacial score (nSPS) is 15.2. The first-order chi connectivity index (χ1) is 12.3. The van der Waals surface area contributed by atoms with E-state index in [2.05, 4.69) is 39.8 Å². The molecule has 0 N–H and O–H groups in total. The van der Waals surface area contributed by atoms with Crippen molar-refractivity contribution < 1.29 is 19.1 Å². The second-order valence-electron chi connectivity index (χ2n) is 8.89. The van der Waals surface area contributed by atoms with Crippen molar-refractivity contribution in [1.82, 2.24) is 0 Å². The molecule has 1 rings (SSSR count). The molecule has 1 aromatic rings. The highest BCUT2D eigenvalue weighted by Crippen LogP contribution is 2.33. The number of ether oxygens (including phenoxy) is 2. The monoisotopic (exact) mass is 376 g/mol. The summed E-state index contributed by atoms with van der Waals surface area (Å²) in [7, 11) is 0. The van der Waals surface area contributed by atoms with Gasteiger partial charge in [-0.1, -0.05) is 39.0 Å². The summed E-state index contributed by atoms with van der Waals surface area (Å²) in [5.74, 6) is -0.857. The highest BCUT2D eigenvalue weighted by Gasteiger charge is 2.30. The van der Waals surface area contributed by atoms with Crippen LogP contribution in [0, 0.1) is 25.7 Å². The van der Waals surface area contributed by atoms with Gasteiger partial charge in [0, 0.05) is 5.92 Å². The number of benzene rings is 1. The summed E-state index contributed by atoms with van der Waals surface area (Å²) >= 11 is 0. The topological polar surface area (TPSA) is 52.6 Å². The van der Waals surface area contributed by atoms with Crippen molar-refractivity contribution in [3.8, 4) is 0 Å². The zero-order valence-corrected chi connectivity index (χ0v) is 18.4.